The fourth-order valence-corrected chi connectivity index (χ4v) is 2.94. The highest BCUT2D eigenvalue weighted by atomic mass is 19.1. The smallest absolute Gasteiger partial charge is 0.312 e. The molecule has 1 aliphatic carbocycles. The van der Waals surface area contributed by atoms with Crippen molar-refractivity contribution in [2.24, 2.45) is 0 Å². The van der Waals surface area contributed by atoms with Gasteiger partial charge in [0.1, 0.15) is 5.82 Å². The van der Waals surface area contributed by atoms with E-state index in [-0.39, 0.29) is 12.5 Å². The topological polar surface area (TPSA) is 66.4 Å². The van der Waals surface area contributed by atoms with Crippen molar-refractivity contribution in [2.45, 2.75) is 24.2 Å². The summed E-state index contributed by atoms with van der Waals surface area (Å²) in [5, 5.41) is 12.2. The summed E-state index contributed by atoms with van der Waals surface area (Å²) in [7, 11) is 0. The number of hydrogen-bond acceptors (Lipinski definition) is 2. The molecule has 1 amide bonds. The Morgan fingerprint density at radius 2 is 1.71 bits per heavy atom. The van der Waals surface area contributed by atoms with Gasteiger partial charge < -0.3 is 10.4 Å². The second-order valence-electron chi connectivity index (χ2n) is 6.10. The third kappa shape index (κ3) is 3.15. The summed E-state index contributed by atoms with van der Waals surface area (Å²) in [5.41, 5.74) is 0.887. The Balaban J connectivity index is 1.70. The standard InChI is InChI=1S/C19H18FNO3/c20-15-8-6-13(7-9-15)16(17(22)23)12-21-18(24)19(10-11-19)14-4-2-1-3-5-14/h1-9,16H,10-12H2,(H,21,24)(H,22,23). The summed E-state index contributed by atoms with van der Waals surface area (Å²) in [6.45, 7) is -0.0195. The fourth-order valence-electron chi connectivity index (χ4n) is 2.94. The number of carbonyl (C=O) groups excluding carboxylic acids is 1. The molecule has 2 N–H and O–H groups in total. The Labute approximate surface area is 139 Å². The van der Waals surface area contributed by atoms with Gasteiger partial charge in [0, 0.05) is 6.54 Å². The maximum atomic E-state index is 13.0. The Kier molecular flexibility index (Phi) is 4.34. The molecule has 0 spiro atoms. The summed E-state index contributed by atoms with van der Waals surface area (Å²) in [6, 6.07) is 14.8. The molecule has 0 bridgehead atoms. The molecular weight excluding hydrogens is 309 g/mol. The van der Waals surface area contributed by atoms with Gasteiger partial charge in [0.2, 0.25) is 5.91 Å². The lowest BCUT2D eigenvalue weighted by atomic mass is 9.94. The van der Waals surface area contributed by atoms with Crippen molar-refractivity contribution in [3.63, 3.8) is 0 Å². The summed E-state index contributed by atoms with van der Waals surface area (Å²) < 4.78 is 13.0. The molecule has 0 aliphatic heterocycles. The van der Waals surface area contributed by atoms with Crippen LogP contribution in [0.1, 0.15) is 29.9 Å². The van der Waals surface area contributed by atoms with Gasteiger partial charge in [0.25, 0.3) is 0 Å². The molecule has 1 saturated carbocycles. The lowest BCUT2D eigenvalue weighted by Gasteiger charge is -2.18. The van der Waals surface area contributed by atoms with E-state index < -0.39 is 23.1 Å². The van der Waals surface area contributed by atoms with Gasteiger partial charge >= 0.3 is 5.97 Å². The monoisotopic (exact) mass is 327 g/mol. The van der Waals surface area contributed by atoms with Crippen LogP contribution in [-0.2, 0) is 15.0 Å². The predicted octanol–water partition coefficient (Wildman–Crippen LogP) is 2.84. The van der Waals surface area contributed by atoms with Crippen molar-refractivity contribution >= 4 is 11.9 Å². The highest BCUT2D eigenvalue weighted by Gasteiger charge is 2.51. The normalized spacial score (nSPS) is 16.2. The van der Waals surface area contributed by atoms with Gasteiger partial charge in [-0.2, -0.15) is 0 Å². The van der Waals surface area contributed by atoms with E-state index in [1.165, 1.54) is 24.3 Å². The first kappa shape index (κ1) is 16.2. The molecule has 0 heterocycles. The second-order valence-corrected chi connectivity index (χ2v) is 6.10. The van der Waals surface area contributed by atoms with Gasteiger partial charge in [-0.15, -0.1) is 0 Å². The van der Waals surface area contributed by atoms with Crippen molar-refractivity contribution in [1.82, 2.24) is 5.32 Å². The number of rotatable bonds is 6. The van der Waals surface area contributed by atoms with Crippen LogP contribution < -0.4 is 5.32 Å². The third-order valence-corrected chi connectivity index (χ3v) is 4.55. The molecule has 2 aromatic rings. The lowest BCUT2D eigenvalue weighted by molar-refractivity contribution is -0.138. The molecular formula is C19H18FNO3. The van der Waals surface area contributed by atoms with E-state index >= 15 is 0 Å². The lowest BCUT2D eigenvalue weighted by Crippen LogP contribution is -2.38. The van der Waals surface area contributed by atoms with Crippen molar-refractivity contribution in [2.75, 3.05) is 6.54 Å². The molecule has 124 valence electrons. The third-order valence-electron chi connectivity index (χ3n) is 4.55. The summed E-state index contributed by atoms with van der Waals surface area (Å²) in [4.78, 5) is 24.1. The van der Waals surface area contributed by atoms with Crippen molar-refractivity contribution < 1.29 is 19.1 Å². The van der Waals surface area contributed by atoms with Crippen molar-refractivity contribution in [3.05, 3.63) is 71.5 Å². The van der Waals surface area contributed by atoms with E-state index in [1.807, 2.05) is 30.3 Å². The van der Waals surface area contributed by atoms with Crippen molar-refractivity contribution in [3.8, 4) is 0 Å². The summed E-state index contributed by atoms with van der Waals surface area (Å²) >= 11 is 0. The minimum Gasteiger partial charge on any atom is -0.481 e. The highest BCUT2D eigenvalue weighted by Crippen LogP contribution is 2.48. The number of amides is 1. The van der Waals surface area contributed by atoms with Gasteiger partial charge in [-0.1, -0.05) is 42.5 Å². The van der Waals surface area contributed by atoms with Crippen molar-refractivity contribution in [1.29, 1.82) is 0 Å². The molecule has 24 heavy (non-hydrogen) atoms. The van der Waals surface area contributed by atoms with Gasteiger partial charge in [0.05, 0.1) is 11.3 Å². The first-order valence-corrected chi connectivity index (χ1v) is 7.85. The summed E-state index contributed by atoms with van der Waals surface area (Å²) in [5.74, 6) is -2.53. The molecule has 0 radical (unpaired) electrons. The number of carboxylic acid groups (broad SMARTS) is 1. The molecule has 1 aliphatic rings. The van der Waals surface area contributed by atoms with E-state index in [4.69, 9.17) is 0 Å². The van der Waals surface area contributed by atoms with Crippen LogP contribution in [0.3, 0.4) is 0 Å². The minimum absolute atomic E-state index is 0.0195. The van der Waals surface area contributed by atoms with E-state index in [9.17, 15) is 19.1 Å². The van der Waals surface area contributed by atoms with Crippen LogP contribution in [0.5, 0.6) is 0 Å². The molecule has 0 aromatic heterocycles. The molecule has 3 rings (SSSR count). The highest BCUT2D eigenvalue weighted by molar-refractivity contribution is 5.91. The molecule has 4 nitrogen and oxygen atoms in total. The maximum Gasteiger partial charge on any atom is 0.312 e. The molecule has 2 aromatic carbocycles. The largest absolute Gasteiger partial charge is 0.481 e. The Hall–Kier alpha value is -2.69. The molecule has 1 atom stereocenters. The van der Waals surface area contributed by atoms with Crippen LogP contribution in [0.2, 0.25) is 0 Å². The van der Waals surface area contributed by atoms with Gasteiger partial charge in [0.15, 0.2) is 0 Å². The number of benzene rings is 2. The SMILES string of the molecule is O=C(O)C(CNC(=O)C1(c2ccccc2)CC1)c1ccc(F)cc1. The zero-order valence-corrected chi connectivity index (χ0v) is 13.0. The number of aliphatic carboxylic acids is 1. The minimum atomic E-state index is -1.05. The molecule has 1 fully saturated rings. The Bertz CT molecular complexity index is 739. The van der Waals surface area contributed by atoms with Crippen LogP contribution in [0.15, 0.2) is 54.6 Å². The molecule has 0 saturated heterocycles. The average Bonchev–Trinajstić information content (AvgIpc) is 3.39. The van der Waals surface area contributed by atoms with E-state index in [0.29, 0.717) is 5.56 Å². The van der Waals surface area contributed by atoms with Crippen LogP contribution in [-0.4, -0.2) is 23.5 Å². The number of carbonyl (C=O) groups is 2. The fraction of sp³-hybridized carbons (Fsp3) is 0.263. The van der Waals surface area contributed by atoms with Gasteiger partial charge in [-0.25, -0.2) is 4.39 Å². The maximum absolute atomic E-state index is 13.0. The van der Waals surface area contributed by atoms with Gasteiger partial charge in [-0.05, 0) is 36.1 Å². The number of nitrogens with one attached hydrogen (secondary N) is 1. The summed E-state index contributed by atoms with van der Waals surface area (Å²) in [6.07, 6.45) is 1.52. The Morgan fingerprint density at radius 1 is 1.08 bits per heavy atom. The Morgan fingerprint density at radius 3 is 2.25 bits per heavy atom. The van der Waals surface area contributed by atoms with Crippen LogP contribution in [0, 0.1) is 5.82 Å². The quantitative estimate of drug-likeness (QED) is 0.857. The van der Waals surface area contributed by atoms with E-state index in [2.05, 4.69) is 5.32 Å². The zero-order chi connectivity index (χ0) is 17.2. The molecule has 5 heteroatoms. The number of carboxylic acids is 1. The zero-order valence-electron chi connectivity index (χ0n) is 13.0. The first-order valence-electron chi connectivity index (χ1n) is 7.85. The molecule has 1 unspecified atom stereocenters. The predicted molar refractivity (Wildman–Crippen MR) is 87.1 cm³/mol. The van der Waals surface area contributed by atoms with Crippen LogP contribution >= 0.6 is 0 Å². The van der Waals surface area contributed by atoms with Crippen LogP contribution in [0.25, 0.3) is 0 Å². The number of halogens is 1. The number of hydrogen-bond donors (Lipinski definition) is 2. The average molecular weight is 327 g/mol. The van der Waals surface area contributed by atoms with E-state index in [1.54, 1.807) is 0 Å². The van der Waals surface area contributed by atoms with Gasteiger partial charge in [-0.3, -0.25) is 9.59 Å². The second kappa shape index (κ2) is 6.43. The first-order chi connectivity index (χ1) is 11.5. The van der Waals surface area contributed by atoms with E-state index in [0.717, 1.165) is 18.4 Å². The van der Waals surface area contributed by atoms with Crippen LogP contribution in [0.4, 0.5) is 4.39 Å².